The topological polar surface area (TPSA) is 77.2 Å². The second-order valence-corrected chi connectivity index (χ2v) is 6.16. The quantitative estimate of drug-likeness (QED) is 0.687. The van der Waals surface area contributed by atoms with Gasteiger partial charge in [-0.15, -0.1) is 36.2 Å². The zero-order valence-electron chi connectivity index (χ0n) is 14.4. The smallest absolute Gasteiger partial charge is 0.231 e. The van der Waals surface area contributed by atoms with E-state index in [-0.39, 0.29) is 30.7 Å². The van der Waals surface area contributed by atoms with Crippen molar-refractivity contribution >= 4 is 47.7 Å². The third-order valence-electron chi connectivity index (χ3n) is 4.19. The van der Waals surface area contributed by atoms with E-state index in [9.17, 15) is 4.79 Å². The Balaban J connectivity index is 0.00000288. The van der Waals surface area contributed by atoms with E-state index in [4.69, 9.17) is 10.5 Å². The normalized spacial score (nSPS) is 10.4. The SMILES string of the molecule is CCC(CC)(CN)C(=O)Nc1cccc(OCc2cscn2)c1.Cl.Cl. The third kappa shape index (κ3) is 6.15. The molecular weight excluding hydrogens is 381 g/mol. The standard InChI is InChI=1S/C17H23N3O2S.2ClH/c1-3-17(4-2,11-18)16(21)20-13-6-5-7-15(8-13)22-9-14-10-23-12-19-14;;/h5-8,10,12H,3-4,9,11,18H2,1-2H3,(H,20,21);2*1H. The van der Waals surface area contributed by atoms with Gasteiger partial charge >= 0.3 is 0 Å². The number of hydrogen-bond acceptors (Lipinski definition) is 5. The minimum absolute atomic E-state index is 0. The first kappa shape index (κ1) is 23.7. The molecule has 0 aliphatic rings. The number of ether oxygens (including phenoxy) is 1. The number of halogens is 2. The van der Waals surface area contributed by atoms with E-state index in [0.29, 0.717) is 37.4 Å². The number of nitrogens with one attached hydrogen (secondary N) is 1. The molecular formula is C17H25Cl2N3O2S. The maximum Gasteiger partial charge on any atom is 0.231 e. The molecule has 25 heavy (non-hydrogen) atoms. The monoisotopic (exact) mass is 405 g/mol. The van der Waals surface area contributed by atoms with Gasteiger partial charge in [-0.05, 0) is 25.0 Å². The molecule has 2 rings (SSSR count). The lowest BCUT2D eigenvalue weighted by Crippen LogP contribution is -2.41. The number of nitrogens with zero attached hydrogens (tertiary/aromatic N) is 1. The van der Waals surface area contributed by atoms with Gasteiger partial charge in [-0.25, -0.2) is 4.98 Å². The number of benzene rings is 1. The predicted molar refractivity (Wildman–Crippen MR) is 108 cm³/mol. The van der Waals surface area contributed by atoms with Crippen molar-refractivity contribution in [3.05, 3.63) is 40.8 Å². The summed E-state index contributed by atoms with van der Waals surface area (Å²) in [5.41, 5.74) is 8.69. The molecule has 0 unspecified atom stereocenters. The fourth-order valence-electron chi connectivity index (χ4n) is 2.35. The second kappa shape index (κ2) is 11.3. The first-order valence-electron chi connectivity index (χ1n) is 7.75. The summed E-state index contributed by atoms with van der Waals surface area (Å²) < 4.78 is 5.71. The molecule has 0 spiro atoms. The van der Waals surface area contributed by atoms with Gasteiger partial charge in [-0.2, -0.15) is 0 Å². The van der Waals surface area contributed by atoms with Gasteiger partial charge in [0.15, 0.2) is 0 Å². The number of aromatic nitrogens is 1. The number of thiazole rings is 1. The molecule has 0 aliphatic heterocycles. The van der Waals surface area contributed by atoms with Crippen LogP contribution >= 0.6 is 36.2 Å². The van der Waals surface area contributed by atoms with E-state index >= 15 is 0 Å². The van der Waals surface area contributed by atoms with E-state index in [1.165, 1.54) is 11.3 Å². The summed E-state index contributed by atoms with van der Waals surface area (Å²) in [4.78, 5) is 16.7. The molecule has 0 saturated heterocycles. The van der Waals surface area contributed by atoms with Crippen LogP contribution < -0.4 is 15.8 Å². The summed E-state index contributed by atoms with van der Waals surface area (Å²) in [7, 11) is 0. The number of rotatable bonds is 8. The molecule has 140 valence electrons. The highest BCUT2D eigenvalue weighted by Gasteiger charge is 2.33. The molecule has 0 bridgehead atoms. The Morgan fingerprint density at radius 2 is 2.04 bits per heavy atom. The van der Waals surface area contributed by atoms with Crippen LogP contribution in [0.5, 0.6) is 5.75 Å². The zero-order chi connectivity index (χ0) is 16.7. The lowest BCUT2D eigenvalue weighted by atomic mass is 9.81. The van der Waals surface area contributed by atoms with Gasteiger partial charge in [0.05, 0.1) is 16.6 Å². The minimum atomic E-state index is -0.516. The van der Waals surface area contributed by atoms with Crippen LogP contribution in [0.1, 0.15) is 32.4 Å². The Bertz CT molecular complexity index is 626. The van der Waals surface area contributed by atoms with Crippen molar-refractivity contribution in [3.8, 4) is 5.75 Å². The van der Waals surface area contributed by atoms with Gasteiger partial charge in [-0.1, -0.05) is 19.9 Å². The summed E-state index contributed by atoms with van der Waals surface area (Å²) in [5, 5.41) is 4.90. The molecule has 1 amide bonds. The molecule has 0 radical (unpaired) electrons. The first-order valence-corrected chi connectivity index (χ1v) is 8.69. The van der Waals surface area contributed by atoms with Gasteiger partial charge in [0.25, 0.3) is 0 Å². The van der Waals surface area contributed by atoms with Gasteiger partial charge in [-0.3, -0.25) is 4.79 Å². The second-order valence-electron chi connectivity index (χ2n) is 5.44. The van der Waals surface area contributed by atoms with Crippen LogP contribution in [0.25, 0.3) is 0 Å². The number of anilines is 1. The molecule has 0 fully saturated rings. The van der Waals surface area contributed by atoms with Gasteiger partial charge < -0.3 is 15.8 Å². The minimum Gasteiger partial charge on any atom is -0.487 e. The molecule has 0 aliphatic carbocycles. The van der Waals surface area contributed by atoms with Crippen LogP contribution in [0.4, 0.5) is 5.69 Å². The van der Waals surface area contributed by atoms with Crippen molar-refractivity contribution in [1.82, 2.24) is 4.98 Å². The number of nitrogens with two attached hydrogens (primary N) is 1. The van der Waals surface area contributed by atoms with E-state index in [1.54, 1.807) is 5.51 Å². The fourth-order valence-corrected chi connectivity index (χ4v) is 2.89. The Hall–Kier alpha value is -1.34. The Morgan fingerprint density at radius 3 is 2.60 bits per heavy atom. The van der Waals surface area contributed by atoms with Crippen molar-refractivity contribution in [2.45, 2.75) is 33.3 Å². The number of carbonyl (C=O) groups excluding carboxylic acids is 1. The van der Waals surface area contributed by atoms with Crippen molar-refractivity contribution < 1.29 is 9.53 Å². The number of hydrogen-bond donors (Lipinski definition) is 2. The van der Waals surface area contributed by atoms with Crippen LogP contribution in [0.2, 0.25) is 0 Å². The van der Waals surface area contributed by atoms with Crippen LogP contribution in [0, 0.1) is 5.41 Å². The summed E-state index contributed by atoms with van der Waals surface area (Å²) >= 11 is 1.54. The average molecular weight is 406 g/mol. The summed E-state index contributed by atoms with van der Waals surface area (Å²) in [6.07, 6.45) is 1.43. The third-order valence-corrected chi connectivity index (χ3v) is 4.82. The van der Waals surface area contributed by atoms with E-state index in [0.717, 1.165) is 5.69 Å². The molecule has 1 aromatic heterocycles. The molecule has 1 heterocycles. The fraction of sp³-hybridized carbons (Fsp3) is 0.412. The lowest BCUT2D eigenvalue weighted by molar-refractivity contribution is -0.125. The molecule has 0 saturated carbocycles. The molecule has 3 N–H and O–H groups in total. The first-order chi connectivity index (χ1) is 11.1. The highest BCUT2D eigenvalue weighted by atomic mass is 35.5. The van der Waals surface area contributed by atoms with Crippen LogP contribution in [0.3, 0.4) is 0 Å². The lowest BCUT2D eigenvalue weighted by Gasteiger charge is -2.28. The van der Waals surface area contributed by atoms with Crippen LogP contribution in [-0.4, -0.2) is 17.4 Å². The van der Waals surface area contributed by atoms with E-state index < -0.39 is 5.41 Å². The van der Waals surface area contributed by atoms with Crippen molar-refractivity contribution in [3.63, 3.8) is 0 Å². The van der Waals surface area contributed by atoms with Crippen molar-refractivity contribution in [2.24, 2.45) is 11.1 Å². The highest BCUT2D eigenvalue weighted by Crippen LogP contribution is 2.28. The predicted octanol–water partition coefficient (Wildman–Crippen LogP) is 4.27. The Labute approximate surface area is 165 Å². The molecule has 0 atom stereocenters. The zero-order valence-corrected chi connectivity index (χ0v) is 16.8. The van der Waals surface area contributed by atoms with E-state index in [2.05, 4.69) is 10.3 Å². The average Bonchev–Trinajstić information content (AvgIpc) is 3.09. The highest BCUT2D eigenvalue weighted by molar-refractivity contribution is 7.07. The van der Waals surface area contributed by atoms with Crippen molar-refractivity contribution in [2.75, 3.05) is 11.9 Å². The van der Waals surface area contributed by atoms with Gasteiger partial charge in [0, 0.05) is 23.7 Å². The summed E-state index contributed by atoms with van der Waals surface area (Å²) in [6.45, 7) is 4.73. The molecule has 5 nitrogen and oxygen atoms in total. The van der Waals surface area contributed by atoms with Gasteiger partial charge in [0.2, 0.25) is 5.91 Å². The summed E-state index contributed by atoms with van der Waals surface area (Å²) in [5.74, 6) is 0.656. The van der Waals surface area contributed by atoms with Crippen LogP contribution in [-0.2, 0) is 11.4 Å². The van der Waals surface area contributed by atoms with E-state index in [1.807, 2.05) is 43.5 Å². The maximum atomic E-state index is 12.5. The van der Waals surface area contributed by atoms with Crippen LogP contribution in [0.15, 0.2) is 35.2 Å². The number of amides is 1. The van der Waals surface area contributed by atoms with Crippen molar-refractivity contribution in [1.29, 1.82) is 0 Å². The largest absolute Gasteiger partial charge is 0.487 e. The molecule has 2 aromatic rings. The number of carbonyl (C=O) groups is 1. The van der Waals surface area contributed by atoms with Gasteiger partial charge in [0.1, 0.15) is 12.4 Å². The summed E-state index contributed by atoms with van der Waals surface area (Å²) in [6, 6.07) is 7.38. The Morgan fingerprint density at radius 1 is 1.32 bits per heavy atom. The maximum absolute atomic E-state index is 12.5. The Kier molecular flexibility index (Phi) is 10.7. The molecule has 1 aromatic carbocycles. The molecule has 8 heteroatoms.